The van der Waals surface area contributed by atoms with Crippen molar-refractivity contribution in [2.45, 2.75) is 33.6 Å². The van der Waals surface area contributed by atoms with Crippen LogP contribution in [0.4, 0.5) is 10.9 Å². The van der Waals surface area contributed by atoms with Crippen molar-refractivity contribution in [1.29, 1.82) is 0 Å². The van der Waals surface area contributed by atoms with Gasteiger partial charge in [0.15, 0.2) is 5.13 Å². The first kappa shape index (κ1) is 23.1. The van der Waals surface area contributed by atoms with Crippen molar-refractivity contribution in [1.82, 2.24) is 14.9 Å². The number of nitrogens with one attached hydrogen (secondary N) is 2. The van der Waals surface area contributed by atoms with Crippen molar-refractivity contribution >= 4 is 34.1 Å². The topological polar surface area (TPSA) is 87.2 Å². The van der Waals surface area contributed by atoms with E-state index < -0.39 is 0 Å². The molecule has 1 aliphatic heterocycles. The molecule has 1 aliphatic rings. The zero-order valence-corrected chi connectivity index (χ0v) is 20.0. The van der Waals surface area contributed by atoms with Gasteiger partial charge in [0.2, 0.25) is 11.8 Å². The maximum atomic E-state index is 12.6. The second-order valence-corrected chi connectivity index (χ2v) is 9.45. The third kappa shape index (κ3) is 5.83. The van der Waals surface area contributed by atoms with Crippen LogP contribution >= 0.6 is 11.3 Å². The van der Waals surface area contributed by atoms with E-state index in [4.69, 9.17) is 0 Å². The highest BCUT2D eigenvalue weighted by Gasteiger charge is 2.26. The molecule has 0 spiro atoms. The highest BCUT2D eigenvalue weighted by molar-refractivity contribution is 7.14. The van der Waals surface area contributed by atoms with Crippen LogP contribution in [0.25, 0.3) is 11.3 Å². The van der Waals surface area contributed by atoms with E-state index in [1.807, 2.05) is 17.5 Å². The van der Waals surface area contributed by atoms with E-state index in [-0.39, 0.29) is 17.7 Å². The van der Waals surface area contributed by atoms with Gasteiger partial charge in [0.05, 0.1) is 12.2 Å². The van der Waals surface area contributed by atoms with Gasteiger partial charge in [-0.05, 0) is 81.6 Å². The van der Waals surface area contributed by atoms with Crippen LogP contribution < -0.4 is 10.6 Å². The Labute approximate surface area is 198 Å². The van der Waals surface area contributed by atoms with Gasteiger partial charge in [-0.1, -0.05) is 12.1 Å². The zero-order chi connectivity index (χ0) is 23.4. The minimum absolute atomic E-state index is 0.00486. The summed E-state index contributed by atoms with van der Waals surface area (Å²) in [5.74, 6) is 0.427. The number of hydrogen-bond donors (Lipinski definition) is 2. The molecule has 0 saturated carbocycles. The number of carbonyl (C=O) groups excluding carboxylic acids is 2. The molecule has 4 rings (SSSR count). The van der Waals surface area contributed by atoms with E-state index in [0.717, 1.165) is 24.1 Å². The fourth-order valence-corrected chi connectivity index (χ4v) is 4.80. The van der Waals surface area contributed by atoms with Crippen molar-refractivity contribution in [3.8, 4) is 11.3 Å². The predicted octanol–water partition coefficient (Wildman–Crippen LogP) is 4.42. The number of anilines is 2. The van der Waals surface area contributed by atoms with Crippen molar-refractivity contribution in [3.63, 3.8) is 0 Å². The molecule has 7 nitrogen and oxygen atoms in total. The summed E-state index contributed by atoms with van der Waals surface area (Å²) in [4.78, 5) is 35.9. The van der Waals surface area contributed by atoms with Gasteiger partial charge in [0.1, 0.15) is 5.82 Å². The normalized spacial score (nSPS) is 14.8. The van der Waals surface area contributed by atoms with Gasteiger partial charge < -0.3 is 10.6 Å². The van der Waals surface area contributed by atoms with Gasteiger partial charge in [-0.3, -0.25) is 14.5 Å². The Morgan fingerprint density at radius 3 is 2.55 bits per heavy atom. The van der Waals surface area contributed by atoms with Gasteiger partial charge in [0.25, 0.3) is 0 Å². The van der Waals surface area contributed by atoms with Crippen LogP contribution in [-0.4, -0.2) is 46.3 Å². The Kier molecular flexibility index (Phi) is 7.15. The number of nitrogens with zero attached hydrogens (tertiary/aromatic N) is 3. The minimum atomic E-state index is -0.0795. The number of piperidine rings is 1. The number of amides is 2. The van der Waals surface area contributed by atoms with Crippen LogP contribution in [0, 0.1) is 26.7 Å². The Hall–Kier alpha value is -3.10. The Morgan fingerprint density at radius 2 is 1.82 bits per heavy atom. The first-order valence-electron chi connectivity index (χ1n) is 11.2. The lowest BCUT2D eigenvalue weighted by Crippen LogP contribution is -2.41. The third-order valence-corrected chi connectivity index (χ3v) is 6.87. The summed E-state index contributed by atoms with van der Waals surface area (Å²) in [6, 6.07) is 9.76. The SMILES string of the molecule is Cc1cc(C)c(-c2csc(NC(=O)CN3CCC(C(=O)Nc4ccccn4)CC3)n2)cc1C. The molecule has 0 unspecified atom stereocenters. The van der Waals surface area contributed by atoms with E-state index in [1.165, 1.54) is 28.0 Å². The van der Waals surface area contributed by atoms with Crippen molar-refractivity contribution in [2.24, 2.45) is 5.92 Å². The molecular formula is C25H29N5O2S. The molecule has 8 heteroatoms. The first-order valence-corrected chi connectivity index (χ1v) is 12.0. The number of thiazole rings is 1. The molecule has 1 aromatic carbocycles. The highest BCUT2D eigenvalue weighted by atomic mass is 32.1. The summed E-state index contributed by atoms with van der Waals surface area (Å²) in [5, 5.41) is 8.40. The average Bonchev–Trinajstić information content (AvgIpc) is 3.25. The second kappa shape index (κ2) is 10.2. The summed E-state index contributed by atoms with van der Waals surface area (Å²) >= 11 is 1.44. The van der Waals surface area contributed by atoms with Gasteiger partial charge in [-0.15, -0.1) is 11.3 Å². The number of likely N-dealkylation sites (tertiary alicyclic amines) is 1. The molecule has 2 aromatic heterocycles. The van der Waals surface area contributed by atoms with Gasteiger partial charge in [0, 0.05) is 23.1 Å². The summed E-state index contributed by atoms with van der Waals surface area (Å²) in [7, 11) is 0. The van der Waals surface area contributed by atoms with Crippen LogP contribution in [-0.2, 0) is 9.59 Å². The van der Waals surface area contributed by atoms with Crippen LogP contribution in [0.5, 0.6) is 0 Å². The summed E-state index contributed by atoms with van der Waals surface area (Å²) in [6.45, 7) is 8.00. The monoisotopic (exact) mass is 463 g/mol. The van der Waals surface area contributed by atoms with Crippen molar-refractivity contribution in [2.75, 3.05) is 30.3 Å². The van der Waals surface area contributed by atoms with Crippen LogP contribution in [0.2, 0.25) is 0 Å². The summed E-state index contributed by atoms with van der Waals surface area (Å²) in [6.07, 6.45) is 3.10. The van der Waals surface area contributed by atoms with Gasteiger partial charge >= 0.3 is 0 Å². The number of benzene rings is 1. The molecule has 0 atom stereocenters. The van der Waals surface area contributed by atoms with E-state index in [9.17, 15) is 9.59 Å². The van der Waals surface area contributed by atoms with E-state index >= 15 is 0 Å². The molecule has 172 valence electrons. The van der Waals surface area contributed by atoms with Gasteiger partial charge in [-0.25, -0.2) is 9.97 Å². The molecule has 0 radical (unpaired) electrons. The lowest BCUT2D eigenvalue weighted by atomic mass is 9.96. The molecule has 3 aromatic rings. The van der Waals surface area contributed by atoms with Gasteiger partial charge in [-0.2, -0.15) is 0 Å². The first-order chi connectivity index (χ1) is 15.9. The highest BCUT2D eigenvalue weighted by Crippen LogP contribution is 2.29. The Balaban J connectivity index is 1.26. The maximum absolute atomic E-state index is 12.6. The molecule has 33 heavy (non-hydrogen) atoms. The molecule has 0 bridgehead atoms. The molecule has 2 amide bonds. The third-order valence-electron chi connectivity index (χ3n) is 6.11. The lowest BCUT2D eigenvalue weighted by molar-refractivity contribution is -0.121. The van der Waals surface area contributed by atoms with Crippen molar-refractivity contribution < 1.29 is 9.59 Å². The number of carbonyl (C=O) groups is 2. The Bertz CT molecular complexity index is 1140. The molecular weight excluding hydrogens is 434 g/mol. The zero-order valence-electron chi connectivity index (χ0n) is 19.2. The number of pyridine rings is 1. The smallest absolute Gasteiger partial charge is 0.240 e. The lowest BCUT2D eigenvalue weighted by Gasteiger charge is -2.30. The fraction of sp³-hybridized carbons (Fsp3) is 0.360. The van der Waals surface area contributed by atoms with Crippen LogP contribution in [0.3, 0.4) is 0 Å². The van der Waals surface area contributed by atoms with Crippen molar-refractivity contribution in [3.05, 3.63) is 58.6 Å². The second-order valence-electron chi connectivity index (χ2n) is 8.59. The van der Waals surface area contributed by atoms with Crippen LogP contribution in [0.1, 0.15) is 29.5 Å². The minimum Gasteiger partial charge on any atom is -0.310 e. The number of hydrogen-bond acceptors (Lipinski definition) is 6. The Morgan fingerprint density at radius 1 is 1.06 bits per heavy atom. The summed E-state index contributed by atoms with van der Waals surface area (Å²) < 4.78 is 0. The van der Waals surface area contributed by atoms with E-state index in [1.54, 1.807) is 12.3 Å². The quantitative estimate of drug-likeness (QED) is 0.565. The van der Waals surface area contributed by atoms with E-state index in [0.29, 0.717) is 30.6 Å². The number of aromatic nitrogens is 2. The van der Waals surface area contributed by atoms with E-state index in [2.05, 4.69) is 58.4 Å². The molecule has 0 aliphatic carbocycles. The molecule has 1 saturated heterocycles. The number of rotatable bonds is 6. The average molecular weight is 464 g/mol. The summed E-state index contributed by atoms with van der Waals surface area (Å²) in [5.41, 5.74) is 5.65. The molecule has 1 fully saturated rings. The predicted molar refractivity (Wildman–Crippen MR) is 132 cm³/mol. The maximum Gasteiger partial charge on any atom is 0.240 e. The molecule has 2 N–H and O–H groups in total. The largest absolute Gasteiger partial charge is 0.310 e. The standard InChI is InChI=1S/C25H29N5O2S/c1-16-12-18(3)20(13-17(16)2)21-15-33-25(27-21)29-23(31)14-30-10-7-19(8-11-30)24(32)28-22-6-4-5-9-26-22/h4-6,9,12-13,15,19H,7-8,10-11,14H2,1-3H3,(H,26,28,32)(H,27,29,31). The molecule has 3 heterocycles. The number of aryl methyl sites for hydroxylation is 3. The van der Waals surface area contributed by atoms with Crippen LogP contribution in [0.15, 0.2) is 41.9 Å². The fourth-order valence-electron chi connectivity index (χ4n) is 4.07.